The summed E-state index contributed by atoms with van der Waals surface area (Å²) in [6, 6.07) is 10.8. The predicted molar refractivity (Wildman–Crippen MR) is 94.2 cm³/mol. The minimum atomic E-state index is -0.305. The van der Waals surface area contributed by atoms with E-state index in [4.69, 9.17) is 4.74 Å². The van der Waals surface area contributed by atoms with Gasteiger partial charge in [-0.05, 0) is 24.3 Å². The summed E-state index contributed by atoms with van der Waals surface area (Å²) in [5.41, 5.74) is 2.50. The molecular weight excluding hydrogens is 324 g/mol. The highest BCUT2D eigenvalue weighted by molar-refractivity contribution is 7.09. The van der Waals surface area contributed by atoms with E-state index in [2.05, 4.69) is 20.6 Å². The molecule has 2 amide bonds. The van der Waals surface area contributed by atoms with Crippen molar-refractivity contribution in [2.24, 2.45) is 0 Å². The van der Waals surface area contributed by atoms with Crippen LogP contribution in [0.5, 0.6) is 5.75 Å². The molecule has 0 bridgehead atoms. The Morgan fingerprint density at radius 2 is 2.00 bits per heavy atom. The molecule has 3 aromatic rings. The minimum Gasteiger partial charge on any atom is -0.495 e. The van der Waals surface area contributed by atoms with E-state index >= 15 is 0 Å². The quantitative estimate of drug-likeness (QED) is 0.745. The second kappa shape index (κ2) is 7.56. The van der Waals surface area contributed by atoms with E-state index in [1.54, 1.807) is 31.6 Å². The number of benzene rings is 1. The Morgan fingerprint density at radius 1 is 1.21 bits per heavy atom. The van der Waals surface area contributed by atoms with Crippen LogP contribution in [0.2, 0.25) is 0 Å². The third-order valence-corrected chi connectivity index (χ3v) is 4.13. The number of urea groups is 1. The third kappa shape index (κ3) is 3.88. The first kappa shape index (κ1) is 15.9. The van der Waals surface area contributed by atoms with Gasteiger partial charge in [0.15, 0.2) is 0 Å². The number of carbonyl (C=O) groups excluding carboxylic acids is 1. The van der Waals surface area contributed by atoms with Crippen LogP contribution in [0.15, 0.2) is 54.2 Å². The number of thiazole rings is 1. The maximum absolute atomic E-state index is 12.0. The molecule has 0 spiro atoms. The number of nitrogens with one attached hydrogen (secondary N) is 2. The van der Waals surface area contributed by atoms with Gasteiger partial charge in [0.05, 0.1) is 25.0 Å². The lowest BCUT2D eigenvalue weighted by Gasteiger charge is -2.10. The molecule has 2 N–H and O–H groups in total. The molecule has 0 aliphatic heterocycles. The highest BCUT2D eigenvalue weighted by Gasteiger charge is 2.08. The number of ether oxygens (including phenoxy) is 1. The van der Waals surface area contributed by atoms with Crippen molar-refractivity contribution in [3.8, 4) is 17.0 Å². The van der Waals surface area contributed by atoms with Gasteiger partial charge in [-0.3, -0.25) is 4.98 Å². The summed E-state index contributed by atoms with van der Waals surface area (Å²) in [5, 5.41) is 8.35. The fourth-order valence-corrected chi connectivity index (χ4v) is 2.86. The van der Waals surface area contributed by atoms with Crippen molar-refractivity contribution in [2.75, 3.05) is 12.4 Å². The van der Waals surface area contributed by atoms with Gasteiger partial charge >= 0.3 is 6.03 Å². The summed E-state index contributed by atoms with van der Waals surface area (Å²) in [6.45, 7) is 0.358. The number of hydrogen-bond acceptors (Lipinski definition) is 5. The second-order valence-electron chi connectivity index (χ2n) is 4.87. The molecule has 0 fully saturated rings. The van der Waals surface area contributed by atoms with Crippen LogP contribution in [0.25, 0.3) is 11.3 Å². The van der Waals surface area contributed by atoms with Crippen LogP contribution in [-0.4, -0.2) is 23.1 Å². The lowest BCUT2D eigenvalue weighted by molar-refractivity contribution is 0.251. The topological polar surface area (TPSA) is 76.1 Å². The van der Waals surface area contributed by atoms with Crippen LogP contribution >= 0.6 is 11.3 Å². The van der Waals surface area contributed by atoms with Crippen molar-refractivity contribution < 1.29 is 9.53 Å². The predicted octanol–water partition coefficient (Wildman–Crippen LogP) is 3.54. The maximum atomic E-state index is 12.0. The first-order valence-corrected chi connectivity index (χ1v) is 8.17. The van der Waals surface area contributed by atoms with Gasteiger partial charge < -0.3 is 15.4 Å². The van der Waals surface area contributed by atoms with Crippen LogP contribution in [-0.2, 0) is 6.54 Å². The summed E-state index contributed by atoms with van der Waals surface area (Å²) in [6.07, 6.45) is 3.46. The Labute approximate surface area is 143 Å². The smallest absolute Gasteiger partial charge is 0.319 e. The van der Waals surface area contributed by atoms with E-state index in [1.807, 2.05) is 29.6 Å². The van der Waals surface area contributed by atoms with E-state index in [1.165, 1.54) is 11.3 Å². The summed E-state index contributed by atoms with van der Waals surface area (Å²) < 4.78 is 5.20. The molecule has 0 aliphatic rings. The third-order valence-electron chi connectivity index (χ3n) is 3.28. The number of para-hydroxylation sites is 2. The van der Waals surface area contributed by atoms with Crippen molar-refractivity contribution in [3.63, 3.8) is 0 Å². The normalized spacial score (nSPS) is 10.2. The number of methoxy groups -OCH3 is 1. The molecule has 0 atom stereocenters. The average molecular weight is 340 g/mol. The van der Waals surface area contributed by atoms with Crippen molar-refractivity contribution in [1.82, 2.24) is 15.3 Å². The van der Waals surface area contributed by atoms with E-state index < -0.39 is 0 Å². The van der Waals surface area contributed by atoms with Crippen molar-refractivity contribution in [2.45, 2.75) is 6.54 Å². The van der Waals surface area contributed by atoms with Gasteiger partial charge in [0.1, 0.15) is 10.8 Å². The number of anilines is 1. The van der Waals surface area contributed by atoms with Crippen LogP contribution in [0, 0.1) is 0 Å². The zero-order chi connectivity index (χ0) is 16.8. The molecule has 0 saturated heterocycles. The van der Waals surface area contributed by atoms with E-state index in [-0.39, 0.29) is 6.03 Å². The molecule has 7 heteroatoms. The molecule has 0 aliphatic carbocycles. The zero-order valence-electron chi connectivity index (χ0n) is 13.0. The van der Waals surface area contributed by atoms with Crippen LogP contribution in [0.1, 0.15) is 5.01 Å². The van der Waals surface area contributed by atoms with Gasteiger partial charge in [-0.1, -0.05) is 12.1 Å². The molecule has 0 unspecified atom stereocenters. The first-order chi connectivity index (χ1) is 11.8. The number of carbonyl (C=O) groups is 1. The molecule has 1 aromatic carbocycles. The van der Waals surface area contributed by atoms with Gasteiger partial charge in [-0.2, -0.15) is 0 Å². The Bertz CT molecular complexity index is 820. The number of pyridine rings is 1. The zero-order valence-corrected chi connectivity index (χ0v) is 13.8. The maximum Gasteiger partial charge on any atom is 0.319 e. The minimum absolute atomic E-state index is 0.305. The molecule has 0 saturated carbocycles. The van der Waals surface area contributed by atoms with Crippen molar-refractivity contribution in [3.05, 3.63) is 59.2 Å². The Kier molecular flexibility index (Phi) is 5.02. The lowest BCUT2D eigenvalue weighted by atomic mass is 10.2. The monoisotopic (exact) mass is 340 g/mol. The Balaban J connectivity index is 1.58. The molecule has 3 rings (SSSR count). The summed E-state index contributed by atoms with van der Waals surface area (Å²) in [7, 11) is 1.56. The number of rotatable bonds is 5. The van der Waals surface area contributed by atoms with E-state index in [0.29, 0.717) is 18.0 Å². The van der Waals surface area contributed by atoms with Crippen LogP contribution in [0.4, 0.5) is 10.5 Å². The molecule has 24 heavy (non-hydrogen) atoms. The fraction of sp³-hybridized carbons (Fsp3) is 0.118. The summed E-state index contributed by atoms with van der Waals surface area (Å²) in [5.74, 6) is 0.613. The standard InChI is InChI=1S/C17H16N4O2S/c1-23-15-5-3-2-4-13(15)21-17(22)19-10-16-20-14(11-24-16)12-6-8-18-9-7-12/h2-9,11H,10H2,1H3,(H2,19,21,22). The van der Waals surface area contributed by atoms with Gasteiger partial charge in [0.2, 0.25) is 0 Å². The van der Waals surface area contributed by atoms with E-state index in [0.717, 1.165) is 16.3 Å². The van der Waals surface area contributed by atoms with Crippen molar-refractivity contribution in [1.29, 1.82) is 0 Å². The summed E-state index contributed by atoms with van der Waals surface area (Å²) >= 11 is 1.50. The lowest BCUT2D eigenvalue weighted by Crippen LogP contribution is -2.28. The molecule has 0 radical (unpaired) electrons. The molecule has 2 aromatic heterocycles. The highest BCUT2D eigenvalue weighted by Crippen LogP contribution is 2.23. The number of hydrogen-bond donors (Lipinski definition) is 2. The van der Waals surface area contributed by atoms with Gasteiger partial charge in [0.25, 0.3) is 0 Å². The first-order valence-electron chi connectivity index (χ1n) is 7.29. The summed E-state index contributed by atoms with van der Waals surface area (Å²) in [4.78, 5) is 20.5. The van der Waals surface area contributed by atoms with Crippen LogP contribution in [0.3, 0.4) is 0 Å². The number of amides is 2. The second-order valence-corrected chi connectivity index (χ2v) is 5.81. The van der Waals surface area contributed by atoms with Gasteiger partial charge in [-0.15, -0.1) is 11.3 Å². The van der Waals surface area contributed by atoms with Crippen LogP contribution < -0.4 is 15.4 Å². The van der Waals surface area contributed by atoms with Gasteiger partial charge in [0, 0.05) is 23.3 Å². The SMILES string of the molecule is COc1ccccc1NC(=O)NCc1nc(-c2ccncc2)cs1. The molecule has 6 nitrogen and oxygen atoms in total. The largest absolute Gasteiger partial charge is 0.495 e. The Morgan fingerprint density at radius 3 is 2.79 bits per heavy atom. The van der Waals surface area contributed by atoms with Crippen molar-refractivity contribution >= 4 is 23.1 Å². The van der Waals surface area contributed by atoms with E-state index in [9.17, 15) is 4.79 Å². The number of aromatic nitrogens is 2. The fourth-order valence-electron chi connectivity index (χ4n) is 2.12. The Hall–Kier alpha value is -2.93. The molecular formula is C17H16N4O2S. The molecule has 122 valence electrons. The number of nitrogens with zero attached hydrogens (tertiary/aromatic N) is 2. The molecule has 2 heterocycles. The average Bonchev–Trinajstić information content (AvgIpc) is 3.10. The highest BCUT2D eigenvalue weighted by atomic mass is 32.1. The van der Waals surface area contributed by atoms with Gasteiger partial charge in [-0.25, -0.2) is 9.78 Å².